The Morgan fingerprint density at radius 3 is 2.48 bits per heavy atom. The number of piperazine rings is 1. The van der Waals surface area contributed by atoms with E-state index in [9.17, 15) is 9.18 Å². The van der Waals surface area contributed by atoms with Gasteiger partial charge in [0.05, 0.1) is 0 Å². The van der Waals surface area contributed by atoms with Crippen LogP contribution in [-0.4, -0.2) is 61.6 Å². The highest BCUT2D eigenvalue weighted by Crippen LogP contribution is 2.04. The molecule has 1 aromatic carbocycles. The van der Waals surface area contributed by atoms with Gasteiger partial charge in [-0.05, 0) is 24.1 Å². The number of nitrogens with two attached hydrogens (primary N) is 1. The number of urea groups is 1. The summed E-state index contributed by atoms with van der Waals surface area (Å²) in [5.41, 5.74) is 6.54. The fourth-order valence-electron chi connectivity index (χ4n) is 2.43. The Hall–Kier alpha value is -1.66. The number of benzene rings is 1. The Kier molecular flexibility index (Phi) is 5.95. The molecule has 1 aliphatic rings. The molecule has 1 aromatic rings. The van der Waals surface area contributed by atoms with Crippen molar-refractivity contribution in [2.45, 2.75) is 6.42 Å². The van der Waals surface area contributed by atoms with Gasteiger partial charge in [0.1, 0.15) is 5.82 Å². The monoisotopic (exact) mass is 294 g/mol. The first-order valence-electron chi connectivity index (χ1n) is 7.38. The lowest BCUT2D eigenvalue weighted by Gasteiger charge is -2.34. The van der Waals surface area contributed by atoms with Crippen molar-refractivity contribution in [2.75, 3.05) is 45.8 Å². The molecule has 1 aliphatic heterocycles. The molecular weight excluding hydrogens is 271 g/mol. The van der Waals surface area contributed by atoms with Crippen LogP contribution in [0.2, 0.25) is 0 Å². The average Bonchev–Trinajstić information content (AvgIpc) is 2.50. The number of nitrogens with zero attached hydrogens (tertiary/aromatic N) is 2. The quantitative estimate of drug-likeness (QED) is 0.838. The van der Waals surface area contributed by atoms with E-state index < -0.39 is 0 Å². The molecule has 0 bridgehead atoms. The minimum absolute atomic E-state index is 0.0236. The standard InChI is InChI=1S/C15H23FN4O/c16-14-3-1-13(2-4-14)5-7-18-15(21)20-11-9-19(8-6-17)10-12-20/h1-4H,5-12,17H2,(H,18,21). The predicted molar refractivity (Wildman–Crippen MR) is 80.6 cm³/mol. The lowest BCUT2D eigenvalue weighted by molar-refractivity contribution is 0.141. The van der Waals surface area contributed by atoms with Crippen molar-refractivity contribution in [3.05, 3.63) is 35.6 Å². The summed E-state index contributed by atoms with van der Waals surface area (Å²) in [5.74, 6) is -0.238. The first-order valence-corrected chi connectivity index (χ1v) is 7.38. The van der Waals surface area contributed by atoms with Crippen LogP contribution in [0.15, 0.2) is 24.3 Å². The lowest BCUT2D eigenvalue weighted by atomic mass is 10.1. The Morgan fingerprint density at radius 1 is 1.19 bits per heavy atom. The van der Waals surface area contributed by atoms with E-state index in [-0.39, 0.29) is 11.8 Å². The maximum atomic E-state index is 12.8. The third-order valence-corrected chi connectivity index (χ3v) is 3.71. The molecule has 1 saturated heterocycles. The zero-order valence-corrected chi connectivity index (χ0v) is 12.2. The van der Waals surface area contributed by atoms with Crippen molar-refractivity contribution in [1.29, 1.82) is 0 Å². The summed E-state index contributed by atoms with van der Waals surface area (Å²) in [5, 5.41) is 2.91. The molecular formula is C15H23FN4O. The highest BCUT2D eigenvalue weighted by Gasteiger charge is 2.19. The zero-order valence-electron chi connectivity index (χ0n) is 12.2. The van der Waals surface area contributed by atoms with Crippen molar-refractivity contribution >= 4 is 6.03 Å². The smallest absolute Gasteiger partial charge is 0.317 e. The molecule has 0 atom stereocenters. The van der Waals surface area contributed by atoms with Gasteiger partial charge >= 0.3 is 6.03 Å². The third kappa shape index (κ3) is 4.99. The minimum Gasteiger partial charge on any atom is -0.338 e. The van der Waals surface area contributed by atoms with Gasteiger partial charge in [-0.2, -0.15) is 0 Å². The number of halogens is 1. The molecule has 5 nitrogen and oxygen atoms in total. The van der Waals surface area contributed by atoms with Crippen LogP contribution in [0.25, 0.3) is 0 Å². The highest BCUT2D eigenvalue weighted by atomic mass is 19.1. The van der Waals surface area contributed by atoms with Crippen molar-refractivity contribution < 1.29 is 9.18 Å². The van der Waals surface area contributed by atoms with Crippen LogP contribution in [0.1, 0.15) is 5.56 Å². The van der Waals surface area contributed by atoms with Crippen LogP contribution in [0.5, 0.6) is 0 Å². The van der Waals surface area contributed by atoms with Crippen LogP contribution >= 0.6 is 0 Å². The molecule has 2 rings (SSSR count). The van der Waals surface area contributed by atoms with Crippen LogP contribution in [-0.2, 0) is 6.42 Å². The minimum atomic E-state index is -0.238. The van der Waals surface area contributed by atoms with Gasteiger partial charge < -0.3 is 16.0 Å². The van der Waals surface area contributed by atoms with Gasteiger partial charge in [0, 0.05) is 45.8 Å². The van der Waals surface area contributed by atoms with E-state index in [4.69, 9.17) is 5.73 Å². The molecule has 2 amide bonds. The first-order chi connectivity index (χ1) is 10.2. The van der Waals surface area contributed by atoms with Crippen molar-refractivity contribution in [2.24, 2.45) is 5.73 Å². The van der Waals surface area contributed by atoms with Gasteiger partial charge in [-0.1, -0.05) is 12.1 Å². The third-order valence-electron chi connectivity index (χ3n) is 3.71. The van der Waals surface area contributed by atoms with Gasteiger partial charge in [-0.25, -0.2) is 9.18 Å². The van der Waals surface area contributed by atoms with E-state index in [0.717, 1.165) is 38.3 Å². The summed E-state index contributed by atoms with van der Waals surface area (Å²) in [6.07, 6.45) is 0.707. The van der Waals surface area contributed by atoms with E-state index in [1.165, 1.54) is 12.1 Å². The second-order valence-corrected chi connectivity index (χ2v) is 5.23. The SMILES string of the molecule is NCCN1CCN(C(=O)NCCc2ccc(F)cc2)CC1. The van der Waals surface area contributed by atoms with Crippen molar-refractivity contribution in [3.63, 3.8) is 0 Å². The molecule has 0 radical (unpaired) electrons. The van der Waals surface area contributed by atoms with Crippen LogP contribution in [0.3, 0.4) is 0 Å². The van der Waals surface area contributed by atoms with E-state index in [2.05, 4.69) is 10.2 Å². The molecule has 21 heavy (non-hydrogen) atoms. The maximum Gasteiger partial charge on any atom is 0.317 e. The lowest BCUT2D eigenvalue weighted by Crippen LogP contribution is -2.52. The van der Waals surface area contributed by atoms with Gasteiger partial charge in [-0.3, -0.25) is 4.90 Å². The Balaban J connectivity index is 1.67. The van der Waals surface area contributed by atoms with Crippen LogP contribution in [0, 0.1) is 5.82 Å². The second kappa shape index (κ2) is 7.95. The van der Waals surface area contributed by atoms with Gasteiger partial charge in [0.2, 0.25) is 0 Å². The molecule has 1 fully saturated rings. The Labute approximate surface area is 124 Å². The second-order valence-electron chi connectivity index (χ2n) is 5.23. The summed E-state index contributed by atoms with van der Waals surface area (Å²) in [6.45, 7) is 5.34. The Morgan fingerprint density at radius 2 is 1.86 bits per heavy atom. The molecule has 0 unspecified atom stereocenters. The zero-order chi connectivity index (χ0) is 15.1. The number of amides is 2. The molecule has 0 spiro atoms. The summed E-state index contributed by atoms with van der Waals surface area (Å²) in [7, 11) is 0. The Bertz CT molecular complexity index is 443. The molecule has 6 heteroatoms. The van der Waals surface area contributed by atoms with Crippen LogP contribution < -0.4 is 11.1 Å². The average molecular weight is 294 g/mol. The molecule has 116 valence electrons. The van der Waals surface area contributed by atoms with E-state index in [1.807, 2.05) is 4.90 Å². The van der Waals surface area contributed by atoms with Gasteiger partial charge in [0.25, 0.3) is 0 Å². The summed E-state index contributed by atoms with van der Waals surface area (Å²) in [4.78, 5) is 16.1. The number of hydrogen-bond donors (Lipinski definition) is 2. The number of rotatable bonds is 5. The van der Waals surface area contributed by atoms with Crippen molar-refractivity contribution in [1.82, 2.24) is 15.1 Å². The van der Waals surface area contributed by atoms with Gasteiger partial charge in [0.15, 0.2) is 0 Å². The number of nitrogens with one attached hydrogen (secondary N) is 1. The number of carbonyl (C=O) groups excluding carboxylic acids is 1. The summed E-state index contributed by atoms with van der Waals surface area (Å²) >= 11 is 0. The van der Waals surface area contributed by atoms with Crippen LogP contribution in [0.4, 0.5) is 9.18 Å². The fourth-order valence-corrected chi connectivity index (χ4v) is 2.43. The normalized spacial score (nSPS) is 16.0. The molecule has 0 aromatic heterocycles. The molecule has 0 aliphatic carbocycles. The number of hydrogen-bond acceptors (Lipinski definition) is 3. The van der Waals surface area contributed by atoms with E-state index in [0.29, 0.717) is 19.5 Å². The van der Waals surface area contributed by atoms with Crippen molar-refractivity contribution in [3.8, 4) is 0 Å². The molecule has 0 saturated carbocycles. The summed E-state index contributed by atoms with van der Waals surface area (Å²) in [6, 6.07) is 6.34. The molecule has 3 N–H and O–H groups in total. The largest absolute Gasteiger partial charge is 0.338 e. The topological polar surface area (TPSA) is 61.6 Å². The predicted octanol–water partition coefficient (Wildman–Crippen LogP) is 0.654. The highest BCUT2D eigenvalue weighted by molar-refractivity contribution is 5.74. The van der Waals surface area contributed by atoms with Gasteiger partial charge in [-0.15, -0.1) is 0 Å². The number of carbonyl (C=O) groups is 1. The fraction of sp³-hybridized carbons (Fsp3) is 0.533. The van der Waals surface area contributed by atoms with E-state index >= 15 is 0 Å². The summed E-state index contributed by atoms with van der Waals surface area (Å²) < 4.78 is 12.8. The maximum absolute atomic E-state index is 12.8. The van der Waals surface area contributed by atoms with E-state index in [1.54, 1.807) is 12.1 Å². The molecule has 1 heterocycles. The first kappa shape index (κ1) is 15.7.